The molecule has 1 amide bonds. The minimum absolute atomic E-state index is 0.142. The SMILES string of the molecule is C=CC(=O)NCCCOCCOC. The van der Waals surface area contributed by atoms with Crippen LogP contribution in [-0.4, -0.2) is 39.4 Å². The van der Waals surface area contributed by atoms with E-state index in [1.807, 2.05) is 0 Å². The van der Waals surface area contributed by atoms with Crippen molar-refractivity contribution in [2.45, 2.75) is 6.42 Å². The highest BCUT2D eigenvalue weighted by Gasteiger charge is 1.92. The summed E-state index contributed by atoms with van der Waals surface area (Å²) in [6.45, 7) is 5.82. The van der Waals surface area contributed by atoms with E-state index in [0.29, 0.717) is 26.4 Å². The molecule has 4 nitrogen and oxygen atoms in total. The van der Waals surface area contributed by atoms with Crippen LogP contribution in [0.5, 0.6) is 0 Å². The van der Waals surface area contributed by atoms with Crippen LogP contribution in [0.25, 0.3) is 0 Å². The second kappa shape index (κ2) is 9.22. The molecule has 0 spiro atoms. The van der Waals surface area contributed by atoms with E-state index in [0.717, 1.165) is 6.42 Å². The van der Waals surface area contributed by atoms with Crippen LogP contribution < -0.4 is 5.32 Å². The van der Waals surface area contributed by atoms with Crippen molar-refractivity contribution < 1.29 is 14.3 Å². The fourth-order valence-corrected chi connectivity index (χ4v) is 0.702. The lowest BCUT2D eigenvalue weighted by Gasteiger charge is -2.03. The van der Waals surface area contributed by atoms with Gasteiger partial charge in [-0.15, -0.1) is 0 Å². The molecule has 0 saturated heterocycles. The third-order valence-corrected chi connectivity index (χ3v) is 1.38. The van der Waals surface area contributed by atoms with E-state index < -0.39 is 0 Å². The van der Waals surface area contributed by atoms with Crippen LogP contribution in [0.4, 0.5) is 0 Å². The highest BCUT2D eigenvalue weighted by atomic mass is 16.5. The van der Waals surface area contributed by atoms with E-state index in [9.17, 15) is 4.79 Å². The summed E-state index contributed by atoms with van der Waals surface area (Å²) in [6, 6.07) is 0. The van der Waals surface area contributed by atoms with Gasteiger partial charge in [-0.2, -0.15) is 0 Å². The summed E-state index contributed by atoms with van der Waals surface area (Å²) in [6.07, 6.45) is 2.06. The molecule has 0 unspecified atom stereocenters. The summed E-state index contributed by atoms with van der Waals surface area (Å²) in [5.74, 6) is -0.142. The summed E-state index contributed by atoms with van der Waals surface area (Å²) < 4.78 is 9.98. The molecular weight excluding hydrogens is 170 g/mol. The third-order valence-electron chi connectivity index (χ3n) is 1.38. The number of nitrogens with one attached hydrogen (secondary N) is 1. The molecule has 0 radical (unpaired) electrons. The Morgan fingerprint density at radius 1 is 1.46 bits per heavy atom. The normalized spacial score (nSPS) is 9.62. The molecule has 0 aromatic heterocycles. The summed E-state index contributed by atoms with van der Waals surface area (Å²) in [4.78, 5) is 10.7. The topological polar surface area (TPSA) is 47.6 Å². The molecule has 1 N–H and O–H groups in total. The standard InChI is InChI=1S/C9H17NO3/c1-3-9(11)10-5-4-6-13-8-7-12-2/h3H,1,4-8H2,2H3,(H,10,11). The largest absolute Gasteiger partial charge is 0.382 e. The molecule has 0 aromatic carbocycles. The fraction of sp³-hybridized carbons (Fsp3) is 0.667. The molecule has 4 heteroatoms. The summed E-state index contributed by atoms with van der Waals surface area (Å²) in [5, 5.41) is 2.65. The predicted molar refractivity (Wildman–Crippen MR) is 50.5 cm³/mol. The number of carbonyl (C=O) groups excluding carboxylic acids is 1. The van der Waals surface area contributed by atoms with Crippen molar-refractivity contribution in [2.75, 3.05) is 33.5 Å². The van der Waals surface area contributed by atoms with Crippen LogP contribution in [0, 0.1) is 0 Å². The van der Waals surface area contributed by atoms with Gasteiger partial charge in [-0.05, 0) is 12.5 Å². The second-order valence-electron chi connectivity index (χ2n) is 2.45. The average Bonchev–Trinajstić information content (AvgIpc) is 2.16. The number of hydrogen-bond donors (Lipinski definition) is 1. The zero-order valence-electron chi connectivity index (χ0n) is 8.04. The van der Waals surface area contributed by atoms with E-state index in [-0.39, 0.29) is 5.91 Å². The molecule has 0 aliphatic carbocycles. The maximum atomic E-state index is 10.7. The van der Waals surface area contributed by atoms with Gasteiger partial charge in [0.2, 0.25) is 5.91 Å². The van der Waals surface area contributed by atoms with Gasteiger partial charge >= 0.3 is 0 Å². The lowest BCUT2D eigenvalue weighted by molar-refractivity contribution is -0.116. The van der Waals surface area contributed by atoms with Crippen molar-refractivity contribution in [3.8, 4) is 0 Å². The summed E-state index contributed by atoms with van der Waals surface area (Å²) >= 11 is 0. The monoisotopic (exact) mass is 187 g/mol. The lowest BCUT2D eigenvalue weighted by Crippen LogP contribution is -2.23. The molecule has 0 rings (SSSR count). The molecule has 0 fully saturated rings. The van der Waals surface area contributed by atoms with Gasteiger partial charge in [-0.25, -0.2) is 0 Å². The maximum Gasteiger partial charge on any atom is 0.243 e. The first-order valence-electron chi connectivity index (χ1n) is 4.28. The van der Waals surface area contributed by atoms with Crippen molar-refractivity contribution >= 4 is 5.91 Å². The molecule has 0 saturated carbocycles. The smallest absolute Gasteiger partial charge is 0.243 e. The van der Waals surface area contributed by atoms with Gasteiger partial charge < -0.3 is 14.8 Å². The van der Waals surface area contributed by atoms with Crippen molar-refractivity contribution in [1.29, 1.82) is 0 Å². The van der Waals surface area contributed by atoms with Gasteiger partial charge in [0.15, 0.2) is 0 Å². The lowest BCUT2D eigenvalue weighted by atomic mass is 10.4. The Labute approximate surface area is 78.9 Å². The first-order valence-corrected chi connectivity index (χ1v) is 4.28. The Bertz CT molecular complexity index is 148. The van der Waals surface area contributed by atoms with Crippen LogP contribution in [-0.2, 0) is 14.3 Å². The third kappa shape index (κ3) is 9.04. The Kier molecular flexibility index (Phi) is 8.60. The van der Waals surface area contributed by atoms with E-state index in [4.69, 9.17) is 9.47 Å². The minimum Gasteiger partial charge on any atom is -0.382 e. The van der Waals surface area contributed by atoms with Crippen LogP contribution >= 0.6 is 0 Å². The van der Waals surface area contributed by atoms with Gasteiger partial charge in [-0.1, -0.05) is 6.58 Å². The summed E-state index contributed by atoms with van der Waals surface area (Å²) in [5.41, 5.74) is 0. The van der Waals surface area contributed by atoms with Gasteiger partial charge in [0, 0.05) is 20.3 Å². The zero-order valence-corrected chi connectivity index (χ0v) is 8.04. The van der Waals surface area contributed by atoms with Gasteiger partial charge in [0.1, 0.15) is 0 Å². The number of carbonyl (C=O) groups is 1. The molecule has 0 aliphatic rings. The Balaban J connectivity index is 2.99. The van der Waals surface area contributed by atoms with Crippen molar-refractivity contribution in [3.63, 3.8) is 0 Å². The zero-order chi connectivity index (χ0) is 9.94. The second-order valence-corrected chi connectivity index (χ2v) is 2.45. The fourth-order valence-electron chi connectivity index (χ4n) is 0.702. The predicted octanol–water partition coefficient (Wildman–Crippen LogP) is 0.342. The van der Waals surface area contributed by atoms with E-state index >= 15 is 0 Å². The van der Waals surface area contributed by atoms with E-state index in [1.165, 1.54) is 6.08 Å². The maximum absolute atomic E-state index is 10.7. The van der Waals surface area contributed by atoms with Gasteiger partial charge in [0.05, 0.1) is 13.2 Å². The highest BCUT2D eigenvalue weighted by Crippen LogP contribution is 1.81. The first kappa shape index (κ1) is 12.1. The van der Waals surface area contributed by atoms with E-state index in [1.54, 1.807) is 7.11 Å². The minimum atomic E-state index is -0.142. The molecule has 13 heavy (non-hydrogen) atoms. The molecule has 0 aliphatic heterocycles. The number of rotatable bonds is 8. The van der Waals surface area contributed by atoms with Gasteiger partial charge in [0.25, 0.3) is 0 Å². The Hall–Kier alpha value is -0.870. The van der Waals surface area contributed by atoms with Crippen LogP contribution in [0.3, 0.4) is 0 Å². The highest BCUT2D eigenvalue weighted by molar-refractivity contribution is 5.86. The number of hydrogen-bond acceptors (Lipinski definition) is 3. The van der Waals surface area contributed by atoms with Crippen LogP contribution in [0.2, 0.25) is 0 Å². The van der Waals surface area contributed by atoms with Gasteiger partial charge in [-0.3, -0.25) is 4.79 Å². The van der Waals surface area contributed by atoms with Crippen molar-refractivity contribution in [3.05, 3.63) is 12.7 Å². The van der Waals surface area contributed by atoms with E-state index in [2.05, 4.69) is 11.9 Å². The summed E-state index contributed by atoms with van der Waals surface area (Å²) in [7, 11) is 1.63. The molecule has 76 valence electrons. The molecule has 0 atom stereocenters. The Morgan fingerprint density at radius 2 is 2.23 bits per heavy atom. The van der Waals surface area contributed by atoms with Crippen LogP contribution in [0.15, 0.2) is 12.7 Å². The number of ether oxygens (including phenoxy) is 2. The first-order chi connectivity index (χ1) is 6.31. The molecule has 0 heterocycles. The van der Waals surface area contributed by atoms with Crippen LogP contribution in [0.1, 0.15) is 6.42 Å². The molecule has 0 bridgehead atoms. The average molecular weight is 187 g/mol. The molecular formula is C9H17NO3. The van der Waals surface area contributed by atoms with Crippen molar-refractivity contribution in [1.82, 2.24) is 5.32 Å². The quantitative estimate of drug-likeness (QED) is 0.440. The Morgan fingerprint density at radius 3 is 2.85 bits per heavy atom. The van der Waals surface area contributed by atoms with Crippen molar-refractivity contribution in [2.24, 2.45) is 0 Å². The molecule has 0 aromatic rings. The number of amides is 1. The number of methoxy groups -OCH3 is 1.